The van der Waals surface area contributed by atoms with E-state index in [9.17, 15) is 5.11 Å². The summed E-state index contributed by atoms with van der Waals surface area (Å²) in [5.74, 6) is 0. The third kappa shape index (κ3) is 4.10. The average molecular weight is 172 g/mol. The Balaban J connectivity index is 4.13. The van der Waals surface area contributed by atoms with Gasteiger partial charge in [-0.15, -0.1) is 0 Å². The van der Waals surface area contributed by atoms with Gasteiger partial charge in [0.15, 0.2) is 0 Å². The molecule has 0 amide bonds. The van der Waals surface area contributed by atoms with Crippen molar-refractivity contribution >= 4 is 0 Å². The fourth-order valence-electron chi connectivity index (χ4n) is 1.09. The van der Waals surface area contributed by atoms with Crippen molar-refractivity contribution in [3.8, 4) is 0 Å². The van der Waals surface area contributed by atoms with E-state index in [2.05, 4.69) is 41.5 Å². The van der Waals surface area contributed by atoms with Crippen molar-refractivity contribution in [3.05, 3.63) is 0 Å². The topological polar surface area (TPSA) is 20.2 Å². The Labute approximate surface area is 77.2 Å². The van der Waals surface area contributed by atoms with Gasteiger partial charge < -0.3 is 5.11 Å². The van der Waals surface area contributed by atoms with E-state index in [0.29, 0.717) is 0 Å². The van der Waals surface area contributed by atoms with Gasteiger partial charge in [-0.3, -0.25) is 0 Å². The predicted octanol–water partition coefficient (Wildman–Crippen LogP) is 3.22. The molecule has 1 atom stereocenters. The van der Waals surface area contributed by atoms with Crippen molar-refractivity contribution in [2.75, 3.05) is 0 Å². The molecule has 1 heteroatoms. The minimum absolute atomic E-state index is 0.0628. The molecular formula is C11H24O. The summed E-state index contributed by atoms with van der Waals surface area (Å²) >= 11 is 0. The van der Waals surface area contributed by atoms with Gasteiger partial charge in [0.25, 0.3) is 0 Å². The first kappa shape index (κ1) is 12.0. The highest BCUT2D eigenvalue weighted by Gasteiger charge is 2.29. The Kier molecular flexibility index (Phi) is 3.77. The van der Waals surface area contributed by atoms with Crippen molar-refractivity contribution in [2.45, 2.75) is 60.5 Å². The van der Waals surface area contributed by atoms with Gasteiger partial charge in [0.05, 0.1) is 6.10 Å². The van der Waals surface area contributed by atoms with Crippen LogP contribution in [0.2, 0.25) is 0 Å². The normalized spacial score (nSPS) is 16.2. The molecule has 0 aromatic rings. The molecule has 0 aliphatic heterocycles. The van der Waals surface area contributed by atoms with Crippen molar-refractivity contribution in [2.24, 2.45) is 10.8 Å². The lowest BCUT2D eigenvalue weighted by atomic mass is 9.76. The van der Waals surface area contributed by atoms with Crippen LogP contribution in [-0.4, -0.2) is 11.2 Å². The zero-order chi connectivity index (χ0) is 9.99. The number of hydrogen-bond donors (Lipinski definition) is 1. The van der Waals surface area contributed by atoms with E-state index < -0.39 is 0 Å². The van der Waals surface area contributed by atoms with Crippen LogP contribution in [0.3, 0.4) is 0 Å². The number of rotatable bonds is 3. The summed E-state index contributed by atoms with van der Waals surface area (Å²) in [7, 11) is 0. The molecule has 0 aliphatic carbocycles. The van der Waals surface area contributed by atoms with Gasteiger partial charge in [-0.25, -0.2) is 0 Å². The maximum atomic E-state index is 9.91. The monoisotopic (exact) mass is 172 g/mol. The lowest BCUT2D eigenvalue weighted by Gasteiger charge is -2.33. The first-order valence-corrected chi connectivity index (χ1v) is 4.87. The summed E-state index contributed by atoms with van der Waals surface area (Å²) in [5.41, 5.74) is 0.291. The van der Waals surface area contributed by atoms with Crippen LogP contribution in [0.1, 0.15) is 54.4 Å². The van der Waals surface area contributed by atoms with E-state index in [4.69, 9.17) is 0 Å². The second-order valence-electron chi connectivity index (χ2n) is 5.62. The molecule has 0 fully saturated rings. The predicted molar refractivity (Wildman–Crippen MR) is 54.2 cm³/mol. The quantitative estimate of drug-likeness (QED) is 0.693. The van der Waals surface area contributed by atoms with Crippen molar-refractivity contribution in [1.29, 1.82) is 0 Å². The highest BCUT2D eigenvalue weighted by Crippen LogP contribution is 2.32. The fraction of sp³-hybridized carbons (Fsp3) is 1.00. The highest BCUT2D eigenvalue weighted by atomic mass is 16.3. The zero-order valence-corrected chi connectivity index (χ0v) is 9.44. The van der Waals surface area contributed by atoms with Gasteiger partial charge in [-0.05, 0) is 23.7 Å². The van der Waals surface area contributed by atoms with Crippen molar-refractivity contribution in [3.63, 3.8) is 0 Å². The second kappa shape index (κ2) is 3.78. The van der Waals surface area contributed by atoms with Crippen molar-refractivity contribution in [1.82, 2.24) is 0 Å². The van der Waals surface area contributed by atoms with E-state index >= 15 is 0 Å². The Bertz CT molecular complexity index is 130. The molecule has 0 radical (unpaired) electrons. The smallest absolute Gasteiger partial charge is 0.0596 e. The van der Waals surface area contributed by atoms with E-state index in [1.807, 2.05) is 0 Å². The van der Waals surface area contributed by atoms with Crippen LogP contribution in [0.25, 0.3) is 0 Å². The summed E-state index contributed by atoms with van der Waals surface area (Å²) < 4.78 is 0. The zero-order valence-electron chi connectivity index (χ0n) is 9.44. The third-order valence-corrected chi connectivity index (χ3v) is 2.62. The SMILES string of the molecule is CCC(C)(C)C(O)CC(C)(C)C. The largest absolute Gasteiger partial charge is 0.393 e. The van der Waals surface area contributed by atoms with E-state index in [0.717, 1.165) is 12.8 Å². The van der Waals surface area contributed by atoms with Crippen LogP contribution in [0.15, 0.2) is 0 Å². The molecule has 0 saturated heterocycles. The molecular weight excluding hydrogens is 148 g/mol. The minimum Gasteiger partial charge on any atom is -0.393 e. The van der Waals surface area contributed by atoms with E-state index in [1.54, 1.807) is 0 Å². The molecule has 0 rings (SSSR count). The van der Waals surface area contributed by atoms with Gasteiger partial charge in [0.2, 0.25) is 0 Å². The standard InChI is InChI=1S/C11H24O/c1-7-11(5,6)9(12)8-10(2,3)4/h9,12H,7-8H2,1-6H3. The summed E-state index contributed by atoms with van der Waals surface area (Å²) in [6, 6.07) is 0. The summed E-state index contributed by atoms with van der Waals surface area (Å²) in [4.78, 5) is 0. The summed E-state index contributed by atoms with van der Waals surface area (Å²) in [6.45, 7) is 12.9. The van der Waals surface area contributed by atoms with Crippen LogP contribution in [0.5, 0.6) is 0 Å². The molecule has 0 aromatic heterocycles. The molecule has 0 heterocycles. The molecule has 0 spiro atoms. The molecule has 1 nitrogen and oxygen atoms in total. The summed E-state index contributed by atoms with van der Waals surface area (Å²) in [6.07, 6.45) is 1.74. The number of aliphatic hydroxyl groups excluding tert-OH is 1. The third-order valence-electron chi connectivity index (χ3n) is 2.62. The van der Waals surface area contributed by atoms with Gasteiger partial charge in [0.1, 0.15) is 0 Å². The second-order valence-corrected chi connectivity index (χ2v) is 5.62. The molecule has 0 aromatic carbocycles. The highest BCUT2D eigenvalue weighted by molar-refractivity contribution is 4.80. The Hall–Kier alpha value is -0.0400. The van der Waals surface area contributed by atoms with Gasteiger partial charge >= 0.3 is 0 Å². The molecule has 0 bridgehead atoms. The lowest BCUT2D eigenvalue weighted by Crippen LogP contribution is -2.32. The van der Waals surface area contributed by atoms with Crippen LogP contribution in [0, 0.1) is 10.8 Å². The summed E-state index contributed by atoms with van der Waals surface area (Å²) in [5, 5.41) is 9.91. The van der Waals surface area contributed by atoms with E-state index in [1.165, 1.54) is 0 Å². The van der Waals surface area contributed by atoms with Gasteiger partial charge in [-0.1, -0.05) is 41.5 Å². The maximum Gasteiger partial charge on any atom is 0.0596 e. The molecule has 12 heavy (non-hydrogen) atoms. The fourth-order valence-corrected chi connectivity index (χ4v) is 1.09. The molecule has 74 valence electrons. The van der Waals surface area contributed by atoms with Crippen LogP contribution in [0.4, 0.5) is 0 Å². The molecule has 0 saturated carbocycles. The van der Waals surface area contributed by atoms with Crippen LogP contribution >= 0.6 is 0 Å². The Morgan fingerprint density at radius 2 is 1.50 bits per heavy atom. The molecule has 0 aliphatic rings. The first-order chi connectivity index (χ1) is 5.19. The Morgan fingerprint density at radius 1 is 1.08 bits per heavy atom. The van der Waals surface area contributed by atoms with Gasteiger partial charge in [0, 0.05) is 0 Å². The van der Waals surface area contributed by atoms with E-state index in [-0.39, 0.29) is 16.9 Å². The average Bonchev–Trinajstić information content (AvgIpc) is 1.84. The van der Waals surface area contributed by atoms with Crippen molar-refractivity contribution < 1.29 is 5.11 Å². The number of aliphatic hydroxyl groups is 1. The lowest BCUT2D eigenvalue weighted by molar-refractivity contribution is 0.0155. The first-order valence-electron chi connectivity index (χ1n) is 4.87. The molecule has 1 unspecified atom stereocenters. The van der Waals surface area contributed by atoms with Crippen LogP contribution < -0.4 is 0 Å². The minimum atomic E-state index is -0.178. The van der Waals surface area contributed by atoms with Gasteiger partial charge in [-0.2, -0.15) is 0 Å². The molecule has 1 N–H and O–H groups in total. The Morgan fingerprint density at radius 3 is 1.75 bits per heavy atom. The maximum absolute atomic E-state index is 9.91. The van der Waals surface area contributed by atoms with Crippen LogP contribution in [-0.2, 0) is 0 Å². The number of hydrogen-bond acceptors (Lipinski definition) is 1.